The summed E-state index contributed by atoms with van der Waals surface area (Å²) in [5.74, 6) is 0. The van der Waals surface area contributed by atoms with Gasteiger partial charge in [-0.2, -0.15) is 0 Å². The number of sulfonamides is 1. The van der Waals surface area contributed by atoms with Crippen molar-refractivity contribution in [3.05, 3.63) is 29.8 Å². The van der Waals surface area contributed by atoms with Crippen molar-refractivity contribution >= 4 is 15.7 Å². The van der Waals surface area contributed by atoms with Crippen LogP contribution in [-0.2, 0) is 21.2 Å². The van der Waals surface area contributed by atoms with E-state index in [1.54, 1.807) is 0 Å². The van der Waals surface area contributed by atoms with E-state index in [1.807, 2.05) is 13.0 Å². The van der Waals surface area contributed by atoms with Crippen LogP contribution in [0.2, 0.25) is 0 Å². The van der Waals surface area contributed by atoms with Crippen LogP contribution in [0, 0.1) is 0 Å². The molecule has 0 saturated carbocycles. The molecule has 3 atom stereocenters. The number of nitrogens with zero attached hydrogens (tertiary/aromatic N) is 1. The van der Waals surface area contributed by atoms with E-state index in [1.165, 1.54) is 11.3 Å². The van der Waals surface area contributed by atoms with Gasteiger partial charge in [-0.05, 0) is 38.3 Å². The molecule has 0 unspecified atom stereocenters. The molecule has 0 aliphatic carbocycles. The molecule has 2 aliphatic heterocycles. The van der Waals surface area contributed by atoms with Gasteiger partial charge < -0.3 is 9.64 Å². The fraction of sp³-hybridized carbons (Fsp3) is 0.625. The fourth-order valence-corrected chi connectivity index (χ4v) is 5.07. The molecule has 5 nitrogen and oxygen atoms in total. The molecule has 6 heteroatoms. The van der Waals surface area contributed by atoms with Gasteiger partial charge in [-0.15, -0.1) is 0 Å². The van der Waals surface area contributed by atoms with Crippen molar-refractivity contribution in [3.63, 3.8) is 0 Å². The number of rotatable bonds is 5. The monoisotopic (exact) mass is 324 g/mol. The summed E-state index contributed by atoms with van der Waals surface area (Å²) in [6.45, 7) is 5.81. The van der Waals surface area contributed by atoms with Crippen LogP contribution in [0.1, 0.15) is 25.8 Å². The minimum Gasteiger partial charge on any atom is -0.377 e. The van der Waals surface area contributed by atoms with E-state index in [2.05, 4.69) is 34.7 Å². The summed E-state index contributed by atoms with van der Waals surface area (Å²) in [5, 5.41) is -0.425. The average Bonchev–Trinajstić information content (AvgIpc) is 3.11. The Labute approximate surface area is 132 Å². The molecule has 1 aromatic carbocycles. The molecule has 0 spiro atoms. The van der Waals surface area contributed by atoms with Crippen LogP contribution in [0.3, 0.4) is 0 Å². The van der Waals surface area contributed by atoms with Gasteiger partial charge in [0.1, 0.15) is 5.25 Å². The van der Waals surface area contributed by atoms with Crippen LogP contribution >= 0.6 is 0 Å². The summed E-state index contributed by atoms with van der Waals surface area (Å²) >= 11 is 0. The van der Waals surface area contributed by atoms with Crippen molar-refractivity contribution in [1.29, 1.82) is 0 Å². The number of ether oxygens (including phenoxy) is 1. The molecule has 0 aromatic heterocycles. The molecule has 2 heterocycles. The highest BCUT2D eigenvalue weighted by Crippen LogP contribution is 2.29. The predicted octanol–water partition coefficient (Wildman–Crippen LogP) is 1.53. The van der Waals surface area contributed by atoms with Crippen molar-refractivity contribution in [1.82, 2.24) is 4.72 Å². The molecule has 22 heavy (non-hydrogen) atoms. The quantitative estimate of drug-likeness (QED) is 0.892. The third-order valence-corrected chi connectivity index (χ3v) is 6.73. The Morgan fingerprint density at radius 2 is 2.18 bits per heavy atom. The molecule has 0 radical (unpaired) electrons. The molecule has 1 aromatic rings. The van der Waals surface area contributed by atoms with E-state index in [-0.39, 0.29) is 12.1 Å². The Morgan fingerprint density at radius 1 is 1.41 bits per heavy atom. The molecule has 0 amide bonds. The maximum absolute atomic E-state index is 12.4. The first-order valence-corrected chi connectivity index (χ1v) is 9.48. The minimum absolute atomic E-state index is 0.135. The van der Waals surface area contributed by atoms with E-state index >= 15 is 0 Å². The molecule has 1 N–H and O–H groups in total. The van der Waals surface area contributed by atoms with Crippen LogP contribution in [0.15, 0.2) is 24.3 Å². The number of benzene rings is 1. The number of nitrogens with one attached hydrogen (secondary N) is 1. The third-order valence-electron chi connectivity index (χ3n) is 4.74. The van der Waals surface area contributed by atoms with Crippen LogP contribution in [0.25, 0.3) is 0 Å². The van der Waals surface area contributed by atoms with Crippen LogP contribution in [-0.4, -0.2) is 45.5 Å². The summed E-state index contributed by atoms with van der Waals surface area (Å²) in [5.41, 5.74) is 2.57. The number of hydrogen-bond acceptors (Lipinski definition) is 4. The smallest absolute Gasteiger partial charge is 0.217 e. The summed E-state index contributed by atoms with van der Waals surface area (Å²) in [6.07, 6.45) is 1.39. The van der Waals surface area contributed by atoms with Crippen molar-refractivity contribution < 1.29 is 13.2 Å². The summed E-state index contributed by atoms with van der Waals surface area (Å²) < 4.78 is 33.0. The van der Waals surface area contributed by atoms with Gasteiger partial charge >= 0.3 is 0 Å². The van der Waals surface area contributed by atoms with E-state index in [0.717, 1.165) is 13.0 Å². The van der Waals surface area contributed by atoms with Crippen molar-refractivity contribution in [3.8, 4) is 0 Å². The van der Waals surface area contributed by atoms with Gasteiger partial charge in [0, 0.05) is 31.4 Å². The first-order chi connectivity index (χ1) is 10.5. The van der Waals surface area contributed by atoms with Crippen LogP contribution < -0.4 is 9.62 Å². The molecule has 3 rings (SSSR count). The lowest BCUT2D eigenvalue weighted by Crippen LogP contribution is -2.45. The molecular weight excluding hydrogens is 300 g/mol. The van der Waals surface area contributed by atoms with Gasteiger partial charge in [0.05, 0.1) is 6.10 Å². The molecule has 2 aliphatic rings. The number of fused-ring (bicyclic) bond motifs is 1. The van der Waals surface area contributed by atoms with Gasteiger partial charge in [0.2, 0.25) is 10.0 Å². The van der Waals surface area contributed by atoms with E-state index in [9.17, 15) is 8.42 Å². The zero-order chi connectivity index (χ0) is 15.7. The maximum Gasteiger partial charge on any atom is 0.217 e. The van der Waals surface area contributed by atoms with Crippen molar-refractivity contribution in [2.24, 2.45) is 0 Å². The standard InChI is InChI=1S/C16H24N2O3S/c1-12(18-9-7-14-5-3-4-6-15(14)18)11-17-22(19,20)16-8-10-21-13(16)2/h3-6,12-13,16-17H,7-11H2,1-2H3/t12-,13+,16+/m1/s1. The minimum atomic E-state index is -3.31. The van der Waals surface area contributed by atoms with Gasteiger partial charge in [0.15, 0.2) is 0 Å². The Balaban J connectivity index is 1.62. The molecule has 122 valence electrons. The molecule has 1 fully saturated rings. The van der Waals surface area contributed by atoms with Gasteiger partial charge in [-0.1, -0.05) is 18.2 Å². The summed E-state index contributed by atoms with van der Waals surface area (Å²) in [4.78, 5) is 2.28. The lowest BCUT2D eigenvalue weighted by atomic mass is 10.2. The fourth-order valence-electron chi connectivity index (χ4n) is 3.40. The number of hydrogen-bond donors (Lipinski definition) is 1. The first-order valence-electron chi connectivity index (χ1n) is 7.93. The SMILES string of the molecule is C[C@@H]1OCC[C@@H]1S(=O)(=O)NC[C@@H](C)N1CCc2ccccc21. The Hall–Kier alpha value is -1.11. The maximum atomic E-state index is 12.4. The van der Waals surface area contributed by atoms with Crippen molar-refractivity contribution in [2.75, 3.05) is 24.6 Å². The average molecular weight is 324 g/mol. The van der Waals surface area contributed by atoms with Gasteiger partial charge in [-0.25, -0.2) is 13.1 Å². The van der Waals surface area contributed by atoms with E-state index < -0.39 is 15.3 Å². The second-order valence-electron chi connectivity index (χ2n) is 6.22. The first kappa shape index (κ1) is 15.8. The normalized spacial score (nSPS) is 26.2. The Morgan fingerprint density at radius 3 is 2.91 bits per heavy atom. The topological polar surface area (TPSA) is 58.6 Å². The number of para-hydroxylation sites is 1. The highest BCUT2D eigenvalue weighted by molar-refractivity contribution is 7.90. The van der Waals surface area contributed by atoms with Gasteiger partial charge in [0.25, 0.3) is 0 Å². The second kappa shape index (κ2) is 6.18. The van der Waals surface area contributed by atoms with E-state index in [4.69, 9.17) is 4.74 Å². The zero-order valence-corrected chi connectivity index (χ0v) is 14.0. The second-order valence-corrected chi connectivity index (χ2v) is 8.20. The van der Waals surface area contributed by atoms with Gasteiger partial charge in [-0.3, -0.25) is 0 Å². The van der Waals surface area contributed by atoms with Crippen LogP contribution in [0.5, 0.6) is 0 Å². The highest BCUT2D eigenvalue weighted by atomic mass is 32.2. The number of anilines is 1. The van der Waals surface area contributed by atoms with Crippen molar-refractivity contribution in [2.45, 2.75) is 44.1 Å². The predicted molar refractivity (Wildman–Crippen MR) is 87.7 cm³/mol. The Kier molecular flexibility index (Phi) is 4.43. The molecular formula is C16H24N2O3S. The summed E-state index contributed by atoms with van der Waals surface area (Å²) in [7, 11) is -3.31. The third kappa shape index (κ3) is 3.00. The van der Waals surface area contributed by atoms with E-state index in [0.29, 0.717) is 19.6 Å². The largest absolute Gasteiger partial charge is 0.377 e. The highest BCUT2D eigenvalue weighted by Gasteiger charge is 2.36. The van der Waals surface area contributed by atoms with Crippen LogP contribution in [0.4, 0.5) is 5.69 Å². The summed E-state index contributed by atoms with van der Waals surface area (Å²) in [6, 6.07) is 8.48. The zero-order valence-electron chi connectivity index (χ0n) is 13.2. The molecule has 1 saturated heterocycles. The molecule has 0 bridgehead atoms. The lowest BCUT2D eigenvalue weighted by molar-refractivity contribution is 0.126. The lowest BCUT2D eigenvalue weighted by Gasteiger charge is -2.28. The Bertz CT molecular complexity index is 632.